The number of nitrogen functional groups attached to an aromatic ring is 1. The quantitative estimate of drug-likeness (QED) is 0.807. The van der Waals surface area contributed by atoms with Crippen molar-refractivity contribution >= 4 is 15.7 Å². The molecule has 1 aromatic carbocycles. The molecule has 2 rings (SSSR count). The van der Waals surface area contributed by atoms with Crippen molar-refractivity contribution in [3.8, 4) is 0 Å². The van der Waals surface area contributed by atoms with Crippen molar-refractivity contribution in [2.45, 2.75) is 18.4 Å². The molecule has 1 heterocycles. The van der Waals surface area contributed by atoms with Gasteiger partial charge in [-0.2, -0.15) is 0 Å². The number of aromatic nitrogens is 1. The highest BCUT2D eigenvalue weighted by molar-refractivity contribution is 7.89. The average molecular weight is 267 g/mol. The Bertz CT molecular complexity index is 649. The molecule has 7 heteroatoms. The molecule has 0 saturated heterocycles. The van der Waals surface area contributed by atoms with Gasteiger partial charge >= 0.3 is 0 Å². The minimum Gasteiger partial charge on any atom is -0.398 e. The van der Waals surface area contributed by atoms with Crippen molar-refractivity contribution in [1.82, 2.24) is 9.88 Å². The number of nitrogens with zero attached hydrogens (tertiary/aromatic N) is 1. The van der Waals surface area contributed by atoms with Crippen LogP contribution in [-0.2, 0) is 16.6 Å². The molecule has 2 aromatic rings. The first kappa shape index (κ1) is 12.6. The molecule has 0 fully saturated rings. The van der Waals surface area contributed by atoms with Gasteiger partial charge in [-0.3, -0.25) is 0 Å². The number of anilines is 1. The number of nitrogens with one attached hydrogen (secondary N) is 1. The predicted molar refractivity (Wildman–Crippen MR) is 66.1 cm³/mol. The third-order valence-electron chi connectivity index (χ3n) is 2.33. The third kappa shape index (κ3) is 2.69. The van der Waals surface area contributed by atoms with Crippen LogP contribution in [0.5, 0.6) is 0 Å². The van der Waals surface area contributed by atoms with E-state index in [0.29, 0.717) is 11.5 Å². The van der Waals surface area contributed by atoms with E-state index < -0.39 is 10.0 Å². The van der Waals surface area contributed by atoms with Crippen LogP contribution in [0.4, 0.5) is 5.69 Å². The number of hydrogen-bond donors (Lipinski definition) is 2. The summed E-state index contributed by atoms with van der Waals surface area (Å²) in [4.78, 5) is 0.0604. The topological polar surface area (TPSA) is 98.2 Å². The first-order chi connectivity index (χ1) is 8.49. The van der Waals surface area contributed by atoms with Crippen LogP contribution in [0.3, 0.4) is 0 Å². The lowest BCUT2D eigenvalue weighted by Crippen LogP contribution is -2.24. The van der Waals surface area contributed by atoms with E-state index in [1.54, 1.807) is 25.1 Å². The van der Waals surface area contributed by atoms with Gasteiger partial charge in [-0.05, 0) is 19.1 Å². The van der Waals surface area contributed by atoms with Crippen LogP contribution in [0.1, 0.15) is 11.5 Å². The lowest BCUT2D eigenvalue weighted by Gasteiger charge is -2.07. The molecule has 0 unspecified atom stereocenters. The first-order valence-corrected chi connectivity index (χ1v) is 6.74. The molecule has 6 nitrogen and oxygen atoms in total. The molecule has 0 aliphatic carbocycles. The van der Waals surface area contributed by atoms with Gasteiger partial charge in [0, 0.05) is 6.07 Å². The maximum Gasteiger partial charge on any atom is 0.242 e. The van der Waals surface area contributed by atoms with Crippen LogP contribution >= 0.6 is 0 Å². The van der Waals surface area contributed by atoms with Crippen LogP contribution in [0, 0.1) is 6.92 Å². The Kier molecular flexibility index (Phi) is 3.35. The summed E-state index contributed by atoms with van der Waals surface area (Å²) in [5.41, 5.74) is 6.36. The molecular formula is C11H13N3O3S. The standard InChI is InChI=1S/C11H13N3O3S/c1-8-6-9(14-17-8)7-13-18(15,16)11-5-3-2-4-10(11)12/h2-6,13H,7,12H2,1H3. The second-order valence-electron chi connectivity index (χ2n) is 3.79. The summed E-state index contributed by atoms with van der Waals surface area (Å²) in [7, 11) is -3.64. The third-order valence-corrected chi connectivity index (χ3v) is 3.80. The molecule has 0 spiro atoms. The minimum absolute atomic E-state index is 0.0604. The SMILES string of the molecule is Cc1cc(CNS(=O)(=O)c2ccccc2N)no1. The Labute approximate surface area is 105 Å². The van der Waals surface area contributed by atoms with E-state index in [-0.39, 0.29) is 17.1 Å². The van der Waals surface area contributed by atoms with Gasteiger partial charge in [0.15, 0.2) is 0 Å². The highest BCUT2D eigenvalue weighted by atomic mass is 32.2. The molecule has 18 heavy (non-hydrogen) atoms. The first-order valence-electron chi connectivity index (χ1n) is 5.25. The summed E-state index contributed by atoms with van der Waals surface area (Å²) in [6.45, 7) is 1.80. The highest BCUT2D eigenvalue weighted by Crippen LogP contribution is 2.17. The van der Waals surface area contributed by atoms with E-state index in [4.69, 9.17) is 10.3 Å². The largest absolute Gasteiger partial charge is 0.398 e. The zero-order valence-corrected chi connectivity index (χ0v) is 10.6. The molecule has 0 bridgehead atoms. The van der Waals surface area contributed by atoms with Crippen molar-refractivity contribution in [3.63, 3.8) is 0 Å². The lowest BCUT2D eigenvalue weighted by atomic mass is 10.3. The van der Waals surface area contributed by atoms with Gasteiger partial charge in [-0.15, -0.1) is 0 Å². The van der Waals surface area contributed by atoms with Crippen LogP contribution in [0.25, 0.3) is 0 Å². The molecule has 1 aromatic heterocycles. The van der Waals surface area contributed by atoms with Crippen molar-refractivity contribution in [1.29, 1.82) is 0 Å². The number of nitrogens with two attached hydrogens (primary N) is 1. The Balaban J connectivity index is 2.16. The molecule has 96 valence electrons. The van der Waals surface area contributed by atoms with Crippen LogP contribution < -0.4 is 10.5 Å². The molecular weight excluding hydrogens is 254 g/mol. The Morgan fingerprint density at radius 1 is 1.39 bits per heavy atom. The van der Waals surface area contributed by atoms with Gasteiger partial charge in [0.25, 0.3) is 0 Å². The van der Waals surface area contributed by atoms with Gasteiger partial charge in [-0.1, -0.05) is 17.3 Å². The van der Waals surface area contributed by atoms with Crippen molar-refractivity contribution in [2.75, 3.05) is 5.73 Å². The predicted octanol–water partition coefficient (Wildman–Crippen LogP) is 1.04. The molecule has 0 aliphatic heterocycles. The zero-order valence-electron chi connectivity index (χ0n) is 9.75. The average Bonchev–Trinajstić information content (AvgIpc) is 2.73. The maximum atomic E-state index is 12.0. The summed E-state index contributed by atoms with van der Waals surface area (Å²) in [6.07, 6.45) is 0. The molecule has 0 amide bonds. The summed E-state index contributed by atoms with van der Waals surface area (Å²) in [6, 6.07) is 7.94. The van der Waals surface area contributed by atoms with Crippen LogP contribution in [0.2, 0.25) is 0 Å². The highest BCUT2D eigenvalue weighted by Gasteiger charge is 2.17. The molecule has 0 radical (unpaired) electrons. The van der Waals surface area contributed by atoms with Gasteiger partial charge in [0.2, 0.25) is 10.0 Å². The van der Waals surface area contributed by atoms with Gasteiger partial charge in [0.1, 0.15) is 10.7 Å². The van der Waals surface area contributed by atoms with E-state index >= 15 is 0 Å². The lowest BCUT2D eigenvalue weighted by molar-refractivity contribution is 0.390. The number of para-hydroxylation sites is 1. The van der Waals surface area contributed by atoms with E-state index in [9.17, 15) is 8.42 Å². The molecule has 0 saturated carbocycles. The smallest absolute Gasteiger partial charge is 0.242 e. The van der Waals surface area contributed by atoms with E-state index in [0.717, 1.165) is 0 Å². The van der Waals surface area contributed by atoms with Crippen LogP contribution in [-0.4, -0.2) is 13.6 Å². The molecule has 0 aliphatic rings. The molecule has 3 N–H and O–H groups in total. The minimum atomic E-state index is -3.64. The van der Waals surface area contributed by atoms with Gasteiger partial charge < -0.3 is 10.3 Å². The Morgan fingerprint density at radius 3 is 2.72 bits per heavy atom. The zero-order chi connectivity index (χ0) is 13.2. The summed E-state index contributed by atoms with van der Waals surface area (Å²) >= 11 is 0. The van der Waals surface area contributed by atoms with Gasteiger partial charge in [0.05, 0.1) is 17.9 Å². The maximum absolute atomic E-state index is 12.0. The summed E-state index contributed by atoms with van der Waals surface area (Å²) in [5, 5.41) is 3.70. The number of aryl methyl sites for hydroxylation is 1. The fourth-order valence-electron chi connectivity index (χ4n) is 1.47. The normalized spacial score (nSPS) is 11.6. The number of hydrogen-bond acceptors (Lipinski definition) is 5. The number of benzene rings is 1. The van der Waals surface area contributed by atoms with E-state index in [1.807, 2.05) is 0 Å². The molecule has 0 atom stereocenters. The fraction of sp³-hybridized carbons (Fsp3) is 0.182. The number of rotatable bonds is 4. The van der Waals surface area contributed by atoms with E-state index in [2.05, 4.69) is 9.88 Å². The number of sulfonamides is 1. The van der Waals surface area contributed by atoms with Crippen LogP contribution in [0.15, 0.2) is 39.8 Å². The Hall–Kier alpha value is -1.86. The second-order valence-corrected chi connectivity index (χ2v) is 5.53. The van der Waals surface area contributed by atoms with Gasteiger partial charge in [-0.25, -0.2) is 13.1 Å². The van der Waals surface area contributed by atoms with Crippen molar-refractivity contribution < 1.29 is 12.9 Å². The Morgan fingerprint density at radius 2 is 2.11 bits per heavy atom. The second kappa shape index (κ2) is 4.79. The van der Waals surface area contributed by atoms with E-state index in [1.165, 1.54) is 12.1 Å². The van der Waals surface area contributed by atoms with Crippen molar-refractivity contribution in [2.24, 2.45) is 0 Å². The summed E-state index contributed by atoms with van der Waals surface area (Å²) in [5.74, 6) is 0.628. The monoisotopic (exact) mass is 267 g/mol. The fourth-order valence-corrected chi connectivity index (χ4v) is 2.60. The van der Waals surface area contributed by atoms with Crippen molar-refractivity contribution in [3.05, 3.63) is 41.8 Å². The summed E-state index contributed by atoms with van der Waals surface area (Å²) < 4.78 is 31.2.